The van der Waals surface area contributed by atoms with Crippen LogP contribution >= 0.6 is 23.4 Å². The SMILES string of the molecule is COc1ccc(-c2nnc(SCC(=O)NN=Cc3ccc(-c4ccccc4)cc3)n2-c2ccc(Cl)cc2)cc1. The number of methoxy groups -OCH3 is 1. The lowest BCUT2D eigenvalue weighted by Gasteiger charge is -2.11. The average molecular weight is 554 g/mol. The van der Waals surface area contributed by atoms with E-state index in [1.54, 1.807) is 25.5 Å². The molecule has 0 fully saturated rings. The number of nitrogens with zero attached hydrogens (tertiary/aromatic N) is 4. The molecule has 1 heterocycles. The zero-order valence-corrected chi connectivity index (χ0v) is 22.6. The van der Waals surface area contributed by atoms with E-state index in [0.717, 1.165) is 33.7 Å². The van der Waals surface area contributed by atoms with Gasteiger partial charge in [0.25, 0.3) is 5.91 Å². The molecule has 0 unspecified atom stereocenters. The van der Waals surface area contributed by atoms with Crippen molar-refractivity contribution >= 4 is 35.5 Å². The number of rotatable bonds is 9. The number of halogens is 1. The highest BCUT2D eigenvalue weighted by molar-refractivity contribution is 7.99. The van der Waals surface area contributed by atoms with Gasteiger partial charge in [0.05, 0.1) is 19.1 Å². The van der Waals surface area contributed by atoms with Gasteiger partial charge in [-0.3, -0.25) is 9.36 Å². The van der Waals surface area contributed by atoms with Crippen molar-refractivity contribution in [1.82, 2.24) is 20.2 Å². The summed E-state index contributed by atoms with van der Waals surface area (Å²) >= 11 is 7.38. The van der Waals surface area contributed by atoms with Crippen molar-refractivity contribution in [3.8, 4) is 34.0 Å². The predicted octanol–water partition coefficient (Wildman–Crippen LogP) is 6.51. The maximum Gasteiger partial charge on any atom is 0.250 e. The molecule has 9 heteroatoms. The largest absolute Gasteiger partial charge is 0.497 e. The molecule has 0 radical (unpaired) electrons. The van der Waals surface area contributed by atoms with E-state index in [0.29, 0.717) is 16.0 Å². The van der Waals surface area contributed by atoms with Crippen LogP contribution in [-0.2, 0) is 4.79 Å². The lowest BCUT2D eigenvalue weighted by molar-refractivity contribution is -0.118. The number of nitrogens with one attached hydrogen (secondary N) is 1. The number of amides is 1. The third kappa shape index (κ3) is 6.54. The smallest absolute Gasteiger partial charge is 0.250 e. The van der Waals surface area contributed by atoms with Crippen molar-refractivity contribution in [1.29, 1.82) is 0 Å². The van der Waals surface area contributed by atoms with E-state index < -0.39 is 0 Å². The van der Waals surface area contributed by atoms with Crippen LogP contribution < -0.4 is 10.2 Å². The van der Waals surface area contributed by atoms with Gasteiger partial charge < -0.3 is 4.74 Å². The summed E-state index contributed by atoms with van der Waals surface area (Å²) in [5.74, 6) is 1.24. The fourth-order valence-corrected chi connectivity index (χ4v) is 4.72. The Morgan fingerprint density at radius 2 is 1.56 bits per heavy atom. The number of benzene rings is 4. The summed E-state index contributed by atoms with van der Waals surface area (Å²) in [5.41, 5.74) is 7.42. The lowest BCUT2D eigenvalue weighted by Crippen LogP contribution is -2.20. The maximum absolute atomic E-state index is 12.6. The topological polar surface area (TPSA) is 81.4 Å². The molecule has 7 nitrogen and oxygen atoms in total. The summed E-state index contributed by atoms with van der Waals surface area (Å²) in [6.07, 6.45) is 1.62. The predicted molar refractivity (Wildman–Crippen MR) is 157 cm³/mol. The number of carbonyl (C=O) groups excluding carboxylic acids is 1. The number of hydrogen-bond acceptors (Lipinski definition) is 6. The first-order chi connectivity index (χ1) is 19.1. The van der Waals surface area contributed by atoms with Crippen molar-refractivity contribution in [2.24, 2.45) is 5.10 Å². The summed E-state index contributed by atoms with van der Waals surface area (Å²) in [5, 5.41) is 14.1. The van der Waals surface area contributed by atoms with Crippen LogP contribution in [0.3, 0.4) is 0 Å². The highest BCUT2D eigenvalue weighted by Gasteiger charge is 2.17. The van der Waals surface area contributed by atoms with E-state index in [2.05, 4.69) is 32.9 Å². The van der Waals surface area contributed by atoms with Crippen LogP contribution in [0, 0.1) is 0 Å². The van der Waals surface area contributed by atoms with E-state index in [4.69, 9.17) is 16.3 Å². The van der Waals surface area contributed by atoms with Crippen LogP contribution in [0.4, 0.5) is 0 Å². The summed E-state index contributed by atoms with van der Waals surface area (Å²) < 4.78 is 7.17. The molecule has 5 rings (SSSR count). The molecule has 0 aliphatic heterocycles. The molecular formula is C30H24ClN5O2S. The first-order valence-electron chi connectivity index (χ1n) is 12.1. The molecule has 5 aromatic rings. The Kier molecular flexibility index (Phi) is 8.36. The maximum atomic E-state index is 12.6. The van der Waals surface area contributed by atoms with Gasteiger partial charge in [0.1, 0.15) is 5.75 Å². The third-order valence-electron chi connectivity index (χ3n) is 5.82. The lowest BCUT2D eigenvalue weighted by atomic mass is 10.0. The van der Waals surface area contributed by atoms with E-state index in [9.17, 15) is 4.79 Å². The molecule has 0 aliphatic carbocycles. The van der Waals surface area contributed by atoms with Crippen molar-refractivity contribution < 1.29 is 9.53 Å². The number of carbonyl (C=O) groups is 1. The second-order valence-electron chi connectivity index (χ2n) is 8.42. The fourth-order valence-electron chi connectivity index (χ4n) is 3.85. The highest BCUT2D eigenvalue weighted by Crippen LogP contribution is 2.29. The van der Waals surface area contributed by atoms with Crippen molar-refractivity contribution in [3.63, 3.8) is 0 Å². The minimum Gasteiger partial charge on any atom is -0.497 e. The second kappa shape index (κ2) is 12.4. The molecule has 0 aliphatic rings. The van der Waals surface area contributed by atoms with Crippen LogP contribution in [0.1, 0.15) is 5.56 Å². The number of aromatic nitrogens is 3. The second-order valence-corrected chi connectivity index (χ2v) is 9.80. The average Bonchev–Trinajstić information content (AvgIpc) is 3.41. The Bertz CT molecular complexity index is 1570. The monoisotopic (exact) mass is 553 g/mol. The van der Waals surface area contributed by atoms with Gasteiger partial charge >= 0.3 is 0 Å². The molecule has 0 saturated carbocycles. The van der Waals surface area contributed by atoms with E-state index in [1.165, 1.54) is 11.8 Å². The molecule has 1 amide bonds. The van der Waals surface area contributed by atoms with Gasteiger partial charge in [-0.05, 0) is 65.2 Å². The molecule has 0 spiro atoms. The van der Waals surface area contributed by atoms with Crippen LogP contribution in [0.25, 0.3) is 28.2 Å². The van der Waals surface area contributed by atoms with E-state index in [-0.39, 0.29) is 11.7 Å². The number of hydrazone groups is 1. The molecule has 4 aromatic carbocycles. The standard InChI is InChI=1S/C30H24ClN5O2S/c1-38-27-17-11-24(12-18-27)29-34-35-30(36(29)26-15-13-25(31)14-16-26)39-20-28(37)33-32-19-21-7-9-23(10-8-21)22-5-3-2-4-6-22/h2-19H,20H2,1H3,(H,33,37). The minimum atomic E-state index is -0.256. The van der Waals surface area contributed by atoms with Crippen LogP contribution in [-0.4, -0.2) is 39.7 Å². The number of hydrogen-bond donors (Lipinski definition) is 1. The molecule has 1 N–H and O–H groups in total. The van der Waals surface area contributed by atoms with Gasteiger partial charge in [-0.2, -0.15) is 5.10 Å². The zero-order valence-electron chi connectivity index (χ0n) is 21.0. The Balaban J connectivity index is 1.26. The van der Waals surface area contributed by atoms with Crippen LogP contribution in [0.15, 0.2) is 113 Å². The van der Waals surface area contributed by atoms with Gasteiger partial charge in [-0.25, -0.2) is 5.43 Å². The first kappa shape index (κ1) is 26.2. The Morgan fingerprint density at radius 3 is 2.26 bits per heavy atom. The summed E-state index contributed by atoms with van der Waals surface area (Å²) in [6, 6.07) is 33.0. The van der Waals surface area contributed by atoms with Gasteiger partial charge in [-0.1, -0.05) is 78.0 Å². The van der Waals surface area contributed by atoms with Gasteiger partial charge in [0.15, 0.2) is 11.0 Å². The molecule has 39 heavy (non-hydrogen) atoms. The Hall–Kier alpha value is -4.40. The van der Waals surface area contributed by atoms with Crippen molar-refractivity contribution in [2.45, 2.75) is 5.16 Å². The van der Waals surface area contributed by atoms with Crippen LogP contribution in [0.5, 0.6) is 5.75 Å². The number of thioether (sulfide) groups is 1. The van der Waals surface area contributed by atoms with Crippen molar-refractivity contribution in [3.05, 3.63) is 114 Å². The third-order valence-corrected chi connectivity index (χ3v) is 7.00. The Morgan fingerprint density at radius 1 is 0.897 bits per heavy atom. The van der Waals surface area contributed by atoms with Gasteiger partial charge in [-0.15, -0.1) is 10.2 Å². The van der Waals surface area contributed by atoms with Crippen molar-refractivity contribution in [2.75, 3.05) is 12.9 Å². The summed E-state index contributed by atoms with van der Waals surface area (Å²) in [4.78, 5) is 12.6. The fraction of sp³-hybridized carbons (Fsp3) is 0.0667. The summed E-state index contributed by atoms with van der Waals surface area (Å²) in [6.45, 7) is 0. The minimum absolute atomic E-state index is 0.110. The number of ether oxygens (including phenoxy) is 1. The highest BCUT2D eigenvalue weighted by atomic mass is 35.5. The molecule has 0 atom stereocenters. The Labute approximate surface area is 235 Å². The first-order valence-corrected chi connectivity index (χ1v) is 13.4. The van der Waals surface area contributed by atoms with E-state index >= 15 is 0 Å². The zero-order chi connectivity index (χ0) is 27.0. The molecule has 0 saturated heterocycles. The van der Waals surface area contributed by atoms with Gasteiger partial charge in [0.2, 0.25) is 0 Å². The quantitative estimate of drug-likeness (QED) is 0.128. The van der Waals surface area contributed by atoms with Gasteiger partial charge in [0, 0.05) is 16.3 Å². The molecular weight excluding hydrogens is 530 g/mol. The normalized spacial score (nSPS) is 11.0. The molecule has 194 valence electrons. The molecule has 1 aromatic heterocycles. The van der Waals surface area contributed by atoms with Crippen LogP contribution in [0.2, 0.25) is 5.02 Å². The van der Waals surface area contributed by atoms with E-state index in [1.807, 2.05) is 83.4 Å². The molecule has 0 bridgehead atoms. The summed E-state index contributed by atoms with van der Waals surface area (Å²) in [7, 11) is 1.62.